The zero-order valence-corrected chi connectivity index (χ0v) is 11.9. The van der Waals surface area contributed by atoms with Gasteiger partial charge in [-0.1, -0.05) is 6.07 Å². The van der Waals surface area contributed by atoms with Crippen LogP contribution >= 0.6 is 0 Å². The van der Waals surface area contributed by atoms with Gasteiger partial charge in [0.05, 0.1) is 30.2 Å². The smallest absolute Gasteiger partial charge is 0.241 e. The third kappa shape index (κ3) is 3.04. The molecule has 0 saturated carbocycles. The minimum atomic E-state index is -4.05. The van der Waals surface area contributed by atoms with Crippen molar-refractivity contribution in [2.45, 2.75) is 10.4 Å². The molecule has 1 heterocycles. The van der Waals surface area contributed by atoms with Crippen LogP contribution in [0.4, 0.5) is 0 Å². The number of sulfonamides is 1. The lowest BCUT2D eigenvalue weighted by Gasteiger charge is -2.28. The van der Waals surface area contributed by atoms with E-state index in [-0.39, 0.29) is 4.90 Å². The molecule has 0 unspecified atom stereocenters. The van der Waals surface area contributed by atoms with E-state index in [4.69, 9.17) is 0 Å². The van der Waals surface area contributed by atoms with Crippen LogP contribution in [0.15, 0.2) is 41.4 Å². The second-order valence-electron chi connectivity index (χ2n) is 4.69. The van der Waals surface area contributed by atoms with E-state index >= 15 is 0 Å². The Morgan fingerprint density at radius 2 is 1.71 bits per heavy atom. The Balaban J connectivity index is 2.52. The first-order chi connectivity index (χ1) is 9.98. The molecule has 4 N–H and O–H groups in total. The Labute approximate surface area is 121 Å². The third-order valence-corrected chi connectivity index (χ3v) is 4.79. The van der Waals surface area contributed by atoms with Crippen molar-refractivity contribution in [2.24, 2.45) is 0 Å². The summed E-state index contributed by atoms with van der Waals surface area (Å²) < 4.78 is 27.1. The number of pyridine rings is 1. The van der Waals surface area contributed by atoms with E-state index in [1.165, 1.54) is 6.07 Å². The summed E-state index contributed by atoms with van der Waals surface area (Å²) in [7, 11) is -4.05. The van der Waals surface area contributed by atoms with Crippen molar-refractivity contribution in [3.8, 4) is 0 Å². The number of nitrogens with zero attached hydrogens (tertiary/aromatic N) is 1. The molecular formula is C13H16N2O5S. The van der Waals surface area contributed by atoms with Crippen LogP contribution in [-0.2, 0) is 10.0 Å². The number of benzene rings is 1. The van der Waals surface area contributed by atoms with Gasteiger partial charge in [0, 0.05) is 11.6 Å². The molecule has 0 spiro atoms. The Kier molecular flexibility index (Phi) is 4.55. The average molecular weight is 312 g/mol. The quantitative estimate of drug-likeness (QED) is 0.556. The summed E-state index contributed by atoms with van der Waals surface area (Å²) >= 11 is 0. The van der Waals surface area contributed by atoms with Crippen LogP contribution in [0, 0.1) is 0 Å². The average Bonchev–Trinajstić information content (AvgIpc) is 2.52. The van der Waals surface area contributed by atoms with Crippen LogP contribution in [0.2, 0.25) is 0 Å². The van der Waals surface area contributed by atoms with Gasteiger partial charge in [-0.3, -0.25) is 4.98 Å². The molecular weight excluding hydrogens is 296 g/mol. The summed E-state index contributed by atoms with van der Waals surface area (Å²) in [6.45, 7) is -2.20. The van der Waals surface area contributed by atoms with Crippen LogP contribution in [0.1, 0.15) is 0 Å². The predicted molar refractivity (Wildman–Crippen MR) is 76.1 cm³/mol. The summed E-state index contributed by atoms with van der Waals surface area (Å²) in [5.41, 5.74) is -1.22. The summed E-state index contributed by atoms with van der Waals surface area (Å²) in [4.78, 5) is 4.04. The predicted octanol–water partition coefficient (Wildman–Crippen LogP) is -0.771. The van der Waals surface area contributed by atoms with Crippen molar-refractivity contribution in [3.63, 3.8) is 0 Å². The Hall–Kier alpha value is -1.58. The molecule has 21 heavy (non-hydrogen) atoms. The summed E-state index contributed by atoms with van der Waals surface area (Å²) in [5, 5.41) is 28.1. The molecule has 0 amide bonds. The molecule has 0 aliphatic rings. The minimum absolute atomic E-state index is 0.0344. The van der Waals surface area contributed by atoms with E-state index in [0.29, 0.717) is 10.9 Å². The van der Waals surface area contributed by atoms with Gasteiger partial charge in [0.25, 0.3) is 0 Å². The molecule has 1 aromatic carbocycles. The first kappa shape index (κ1) is 15.8. The Morgan fingerprint density at radius 1 is 1.05 bits per heavy atom. The molecule has 0 radical (unpaired) electrons. The first-order valence-corrected chi connectivity index (χ1v) is 7.67. The van der Waals surface area contributed by atoms with Gasteiger partial charge in [-0.2, -0.15) is 4.72 Å². The molecule has 0 saturated heterocycles. The molecule has 1 aromatic heterocycles. The fourth-order valence-corrected chi connectivity index (χ4v) is 3.49. The number of aliphatic hydroxyl groups excluding tert-OH is 3. The van der Waals surface area contributed by atoms with Crippen LogP contribution in [0.5, 0.6) is 0 Å². The fraction of sp³-hybridized carbons (Fsp3) is 0.308. The lowest BCUT2D eigenvalue weighted by atomic mass is 10.1. The summed E-state index contributed by atoms with van der Waals surface area (Å²) in [5.74, 6) is 0. The number of hydrogen-bond acceptors (Lipinski definition) is 6. The van der Waals surface area contributed by atoms with Crippen molar-refractivity contribution in [1.82, 2.24) is 9.71 Å². The van der Waals surface area contributed by atoms with Crippen molar-refractivity contribution < 1.29 is 23.7 Å². The molecule has 0 aliphatic carbocycles. The molecule has 0 fully saturated rings. The monoisotopic (exact) mass is 312 g/mol. The Morgan fingerprint density at radius 3 is 2.33 bits per heavy atom. The van der Waals surface area contributed by atoms with E-state index < -0.39 is 35.4 Å². The van der Waals surface area contributed by atoms with Gasteiger partial charge in [0.15, 0.2) is 0 Å². The minimum Gasteiger partial charge on any atom is -0.394 e. The standard InChI is InChI=1S/C13H16N2O5S/c16-7-13(8-17,9-18)15-21(19,20)12-5-1-4-11-10(12)3-2-6-14-11/h1-6,15-18H,7-9H2. The van der Waals surface area contributed by atoms with Crippen molar-refractivity contribution >= 4 is 20.9 Å². The van der Waals surface area contributed by atoms with Crippen LogP contribution < -0.4 is 4.72 Å². The molecule has 2 aromatic rings. The van der Waals surface area contributed by atoms with Gasteiger partial charge in [-0.05, 0) is 24.3 Å². The summed E-state index contributed by atoms with van der Waals surface area (Å²) in [6.07, 6.45) is 1.55. The van der Waals surface area contributed by atoms with E-state index in [1.54, 1.807) is 30.5 Å². The van der Waals surface area contributed by atoms with Crippen LogP contribution in [0.25, 0.3) is 10.9 Å². The Bertz CT molecular complexity index is 715. The SMILES string of the molecule is O=S(=O)(NC(CO)(CO)CO)c1cccc2ncccc12. The van der Waals surface area contributed by atoms with E-state index in [9.17, 15) is 23.7 Å². The normalized spacial score (nSPS) is 12.7. The molecule has 0 bridgehead atoms. The maximum Gasteiger partial charge on any atom is 0.241 e. The van der Waals surface area contributed by atoms with Crippen molar-refractivity contribution in [1.29, 1.82) is 0 Å². The number of aliphatic hydroxyl groups is 3. The third-order valence-electron chi connectivity index (χ3n) is 3.15. The van der Waals surface area contributed by atoms with Gasteiger partial charge in [0.2, 0.25) is 10.0 Å². The van der Waals surface area contributed by atoms with Crippen LogP contribution in [-0.4, -0.2) is 54.1 Å². The number of nitrogens with one attached hydrogen (secondary N) is 1. The van der Waals surface area contributed by atoms with Crippen molar-refractivity contribution in [3.05, 3.63) is 36.5 Å². The number of rotatable bonds is 6. The van der Waals surface area contributed by atoms with Gasteiger partial charge >= 0.3 is 0 Å². The molecule has 0 atom stereocenters. The van der Waals surface area contributed by atoms with Gasteiger partial charge < -0.3 is 15.3 Å². The molecule has 0 aliphatic heterocycles. The van der Waals surface area contributed by atoms with Gasteiger partial charge in [-0.25, -0.2) is 8.42 Å². The highest BCUT2D eigenvalue weighted by Crippen LogP contribution is 2.22. The lowest BCUT2D eigenvalue weighted by Crippen LogP contribution is -2.56. The molecule has 114 valence electrons. The zero-order valence-electron chi connectivity index (χ0n) is 11.1. The highest BCUT2D eigenvalue weighted by molar-refractivity contribution is 7.89. The number of hydrogen-bond donors (Lipinski definition) is 4. The number of fused-ring (bicyclic) bond motifs is 1. The summed E-state index contributed by atoms with van der Waals surface area (Å²) in [6, 6.07) is 7.82. The fourth-order valence-electron chi connectivity index (χ4n) is 1.90. The van der Waals surface area contributed by atoms with Crippen molar-refractivity contribution in [2.75, 3.05) is 19.8 Å². The van der Waals surface area contributed by atoms with E-state index in [0.717, 1.165) is 0 Å². The maximum absolute atomic E-state index is 12.5. The zero-order chi connectivity index (χ0) is 15.5. The molecule has 2 rings (SSSR count). The lowest BCUT2D eigenvalue weighted by molar-refractivity contribution is 0.0582. The molecule has 8 heteroatoms. The molecule has 7 nitrogen and oxygen atoms in total. The van der Waals surface area contributed by atoms with E-state index in [1.807, 2.05) is 0 Å². The number of aromatic nitrogens is 1. The first-order valence-electron chi connectivity index (χ1n) is 6.18. The van der Waals surface area contributed by atoms with Crippen LogP contribution in [0.3, 0.4) is 0 Å². The van der Waals surface area contributed by atoms with Gasteiger partial charge in [-0.15, -0.1) is 0 Å². The largest absolute Gasteiger partial charge is 0.394 e. The topological polar surface area (TPSA) is 120 Å². The second kappa shape index (κ2) is 6.04. The van der Waals surface area contributed by atoms with E-state index in [2.05, 4.69) is 9.71 Å². The highest BCUT2D eigenvalue weighted by Gasteiger charge is 2.34. The highest BCUT2D eigenvalue weighted by atomic mass is 32.2. The maximum atomic E-state index is 12.5. The van der Waals surface area contributed by atoms with Gasteiger partial charge in [0.1, 0.15) is 5.54 Å². The second-order valence-corrected chi connectivity index (χ2v) is 6.34.